The van der Waals surface area contributed by atoms with Gasteiger partial charge in [0.1, 0.15) is 11.5 Å². The van der Waals surface area contributed by atoms with E-state index < -0.39 is 0 Å². The van der Waals surface area contributed by atoms with Gasteiger partial charge in [0.05, 0.1) is 15.6 Å². The number of nitrogens with zero attached hydrogens (tertiary/aromatic N) is 2. The molecule has 0 spiro atoms. The summed E-state index contributed by atoms with van der Waals surface area (Å²) in [6.45, 7) is 6.14. The number of carbonyl (C=O) groups excluding carboxylic acids is 1. The molecule has 1 saturated heterocycles. The smallest absolute Gasteiger partial charge is 0.267 e. The number of furan rings is 1. The molecule has 4 nitrogen and oxygen atoms in total. The highest BCUT2D eigenvalue weighted by molar-refractivity contribution is 9.10. The third kappa shape index (κ3) is 4.87. The third-order valence-electron chi connectivity index (χ3n) is 5.23. The van der Waals surface area contributed by atoms with E-state index in [0.717, 1.165) is 22.1 Å². The van der Waals surface area contributed by atoms with E-state index in [0.29, 0.717) is 26.6 Å². The molecule has 1 amide bonds. The second kappa shape index (κ2) is 9.69. The first-order chi connectivity index (χ1) is 15.4. The number of thioether (sulfide) groups is 1. The van der Waals surface area contributed by atoms with E-state index in [1.807, 2.05) is 68.4 Å². The number of hydrogen-bond donors (Lipinski definition) is 0. The Kier molecular flexibility index (Phi) is 6.93. The summed E-state index contributed by atoms with van der Waals surface area (Å²) in [4.78, 5) is 20.3. The molecule has 1 aliphatic rings. The van der Waals surface area contributed by atoms with E-state index in [1.54, 1.807) is 11.0 Å². The van der Waals surface area contributed by atoms with Gasteiger partial charge in [-0.2, -0.15) is 0 Å². The summed E-state index contributed by atoms with van der Waals surface area (Å²) in [5, 5.41) is 1.33. The van der Waals surface area contributed by atoms with Crippen molar-refractivity contribution in [3.05, 3.63) is 80.3 Å². The van der Waals surface area contributed by atoms with Crippen LogP contribution in [0.1, 0.15) is 31.6 Å². The van der Waals surface area contributed by atoms with Gasteiger partial charge >= 0.3 is 0 Å². The van der Waals surface area contributed by atoms with Crippen LogP contribution < -0.4 is 0 Å². The van der Waals surface area contributed by atoms with Gasteiger partial charge in [-0.05, 0) is 90.4 Å². The van der Waals surface area contributed by atoms with Gasteiger partial charge in [-0.25, -0.2) is 4.99 Å². The Labute approximate surface area is 205 Å². The molecule has 0 aliphatic carbocycles. The number of carbonyl (C=O) groups is 1. The molecular formula is C25H22BrClN2O2S. The topological polar surface area (TPSA) is 45.8 Å². The zero-order valence-electron chi connectivity index (χ0n) is 17.9. The highest BCUT2D eigenvalue weighted by Gasteiger charge is 2.36. The Morgan fingerprint density at radius 1 is 1.19 bits per heavy atom. The number of aryl methyl sites for hydroxylation is 1. The quantitative estimate of drug-likeness (QED) is 0.314. The van der Waals surface area contributed by atoms with E-state index in [-0.39, 0.29) is 11.9 Å². The molecule has 0 N–H and O–H groups in total. The minimum atomic E-state index is -0.0533. The van der Waals surface area contributed by atoms with E-state index in [9.17, 15) is 4.79 Å². The van der Waals surface area contributed by atoms with Gasteiger partial charge in [0, 0.05) is 22.2 Å². The third-order valence-corrected chi connectivity index (χ3v) is 7.43. The first kappa shape index (κ1) is 22.9. The van der Waals surface area contributed by atoms with Gasteiger partial charge < -0.3 is 4.42 Å². The molecule has 4 rings (SSSR count). The predicted molar refractivity (Wildman–Crippen MR) is 137 cm³/mol. The molecule has 1 fully saturated rings. The van der Waals surface area contributed by atoms with Crippen molar-refractivity contribution < 1.29 is 9.21 Å². The van der Waals surface area contributed by atoms with Crippen molar-refractivity contribution in [2.45, 2.75) is 33.2 Å². The van der Waals surface area contributed by atoms with E-state index in [2.05, 4.69) is 22.9 Å². The van der Waals surface area contributed by atoms with Crippen LogP contribution in [0.4, 0.5) is 5.69 Å². The van der Waals surface area contributed by atoms with Crippen molar-refractivity contribution in [2.75, 3.05) is 0 Å². The molecule has 0 unspecified atom stereocenters. The van der Waals surface area contributed by atoms with E-state index in [1.165, 1.54) is 17.3 Å². The SMILES string of the molecule is CC[C@@H](C)N1C(=O)/C(=C\c2ccc(-c3ccc(Cl)c(Br)c3)o2)SC1=Nc1ccc(C)cc1. The Bertz CT molecular complexity index is 1220. The van der Waals surface area contributed by atoms with Gasteiger partial charge in [0.15, 0.2) is 5.17 Å². The molecule has 2 heterocycles. The zero-order valence-corrected chi connectivity index (χ0v) is 21.1. The average molecular weight is 530 g/mol. The monoisotopic (exact) mass is 528 g/mol. The summed E-state index contributed by atoms with van der Waals surface area (Å²) in [6, 6.07) is 17.4. The first-order valence-electron chi connectivity index (χ1n) is 10.3. The van der Waals surface area contributed by atoms with Crippen LogP contribution >= 0.6 is 39.3 Å². The van der Waals surface area contributed by atoms with Gasteiger partial charge in [-0.1, -0.05) is 36.2 Å². The standard InChI is InChI=1S/C25H22BrClN2O2S/c1-4-16(3)29-24(30)23(32-25(29)28-18-8-5-15(2)6-9-18)14-19-10-12-22(31-19)17-7-11-21(27)20(26)13-17/h5-14,16H,4H2,1-3H3/b23-14+,28-25?/t16-/m1/s1. The summed E-state index contributed by atoms with van der Waals surface area (Å²) in [5.74, 6) is 1.27. The summed E-state index contributed by atoms with van der Waals surface area (Å²) >= 11 is 10.9. The first-order valence-corrected chi connectivity index (χ1v) is 12.3. The number of halogens is 2. The number of rotatable bonds is 5. The Morgan fingerprint density at radius 3 is 2.62 bits per heavy atom. The largest absolute Gasteiger partial charge is 0.457 e. The Balaban J connectivity index is 1.65. The number of amidine groups is 1. The lowest BCUT2D eigenvalue weighted by atomic mass is 10.2. The van der Waals surface area contributed by atoms with Gasteiger partial charge in [-0.15, -0.1) is 0 Å². The molecular weight excluding hydrogens is 508 g/mol. The van der Waals surface area contributed by atoms with Crippen molar-refractivity contribution in [1.29, 1.82) is 0 Å². The fourth-order valence-corrected chi connectivity index (χ4v) is 4.80. The molecule has 1 aliphatic heterocycles. The Hall–Kier alpha value is -2.28. The van der Waals surface area contributed by atoms with Crippen LogP contribution in [0.3, 0.4) is 0 Å². The minimum Gasteiger partial charge on any atom is -0.457 e. The van der Waals surface area contributed by atoms with Crippen molar-refractivity contribution >= 4 is 62.1 Å². The van der Waals surface area contributed by atoms with E-state index in [4.69, 9.17) is 21.0 Å². The molecule has 32 heavy (non-hydrogen) atoms. The molecule has 3 aromatic rings. The molecule has 164 valence electrons. The number of amides is 1. The van der Waals surface area contributed by atoms with Crippen LogP contribution in [0.5, 0.6) is 0 Å². The number of hydrogen-bond acceptors (Lipinski definition) is 4. The fourth-order valence-electron chi connectivity index (χ4n) is 3.23. The van der Waals surface area contributed by atoms with Crippen LogP contribution in [0.15, 0.2) is 73.4 Å². The maximum Gasteiger partial charge on any atom is 0.267 e. The van der Waals surface area contributed by atoms with Crippen LogP contribution in [0.2, 0.25) is 5.02 Å². The second-order valence-electron chi connectivity index (χ2n) is 7.60. The van der Waals surface area contributed by atoms with E-state index >= 15 is 0 Å². The Morgan fingerprint density at radius 2 is 1.94 bits per heavy atom. The molecule has 2 aromatic carbocycles. The van der Waals surface area contributed by atoms with Crippen LogP contribution in [-0.4, -0.2) is 22.0 Å². The summed E-state index contributed by atoms with van der Waals surface area (Å²) in [5.41, 5.74) is 2.90. The molecule has 0 bridgehead atoms. The number of aliphatic imine (C=N–C) groups is 1. The van der Waals surface area contributed by atoms with Crippen molar-refractivity contribution in [3.63, 3.8) is 0 Å². The maximum atomic E-state index is 13.2. The van der Waals surface area contributed by atoms with Crippen molar-refractivity contribution in [2.24, 2.45) is 4.99 Å². The highest BCUT2D eigenvalue weighted by atomic mass is 79.9. The normalized spacial score (nSPS) is 17.5. The maximum absolute atomic E-state index is 13.2. The summed E-state index contributed by atoms with van der Waals surface area (Å²) in [7, 11) is 0. The van der Waals surface area contributed by atoms with Crippen molar-refractivity contribution in [3.8, 4) is 11.3 Å². The molecule has 7 heteroatoms. The molecule has 0 saturated carbocycles. The van der Waals surface area contributed by atoms with Gasteiger partial charge in [0.25, 0.3) is 5.91 Å². The lowest BCUT2D eigenvalue weighted by molar-refractivity contribution is -0.123. The minimum absolute atomic E-state index is 0.0451. The fraction of sp³-hybridized carbons (Fsp3) is 0.200. The summed E-state index contributed by atoms with van der Waals surface area (Å²) in [6.07, 6.45) is 2.62. The molecule has 0 radical (unpaired) electrons. The lowest BCUT2D eigenvalue weighted by Crippen LogP contribution is -2.36. The second-order valence-corrected chi connectivity index (χ2v) is 9.87. The average Bonchev–Trinajstić information content (AvgIpc) is 3.36. The summed E-state index contributed by atoms with van der Waals surface area (Å²) < 4.78 is 6.80. The van der Waals surface area contributed by atoms with Crippen LogP contribution in [-0.2, 0) is 4.79 Å². The van der Waals surface area contributed by atoms with Gasteiger partial charge in [-0.3, -0.25) is 9.69 Å². The lowest BCUT2D eigenvalue weighted by Gasteiger charge is -2.22. The highest BCUT2D eigenvalue weighted by Crippen LogP contribution is 2.37. The predicted octanol–water partition coefficient (Wildman–Crippen LogP) is 8.07. The zero-order chi connectivity index (χ0) is 22.8. The van der Waals surface area contributed by atoms with Crippen molar-refractivity contribution in [1.82, 2.24) is 4.90 Å². The molecule has 1 aromatic heterocycles. The van der Waals surface area contributed by atoms with Crippen LogP contribution in [0, 0.1) is 6.92 Å². The number of benzene rings is 2. The van der Waals surface area contributed by atoms with Gasteiger partial charge in [0.2, 0.25) is 0 Å². The van der Waals surface area contributed by atoms with Crippen LogP contribution in [0.25, 0.3) is 17.4 Å². The molecule has 1 atom stereocenters.